The van der Waals surface area contributed by atoms with E-state index in [2.05, 4.69) is 60.4 Å². The van der Waals surface area contributed by atoms with Gasteiger partial charge in [0, 0.05) is 31.1 Å². The summed E-state index contributed by atoms with van der Waals surface area (Å²) in [4.78, 5) is 17.0. The van der Waals surface area contributed by atoms with Gasteiger partial charge in [-0.05, 0) is 74.4 Å². The molecule has 4 heteroatoms. The van der Waals surface area contributed by atoms with Gasteiger partial charge >= 0.3 is 0 Å². The molecule has 1 amide bonds. The Kier molecular flexibility index (Phi) is 6.71. The third kappa shape index (κ3) is 4.89. The van der Waals surface area contributed by atoms with Crippen LogP contribution in [0.5, 0.6) is 0 Å². The van der Waals surface area contributed by atoms with Gasteiger partial charge in [-0.1, -0.05) is 66.2 Å². The average Bonchev–Trinajstić information content (AvgIpc) is 3.23. The van der Waals surface area contributed by atoms with Gasteiger partial charge in [0.05, 0.1) is 6.10 Å². The van der Waals surface area contributed by atoms with Crippen molar-refractivity contribution in [3.8, 4) is 0 Å². The van der Waals surface area contributed by atoms with Gasteiger partial charge < -0.3 is 14.9 Å². The number of aryl methyl sites for hydroxylation is 1. The molecule has 2 saturated heterocycles. The van der Waals surface area contributed by atoms with Crippen molar-refractivity contribution in [3.63, 3.8) is 0 Å². The molecule has 1 spiro atoms. The number of aliphatic hydroxyl groups is 1. The molecule has 3 aliphatic rings. The standard InChI is InChI=1S/C30H36N2O2/c1-23-6-8-24(9-7-23)10-11-29(34)32-18-13-26(14-19-32)28(33)22-31-20-16-30(17-21-31)15-12-25-4-2-3-5-27(25)30/h2-12,15,26,28,33H,13-14,16-22H2,1H3/b11-10+. The summed E-state index contributed by atoms with van der Waals surface area (Å²) in [6, 6.07) is 17.0. The van der Waals surface area contributed by atoms with E-state index >= 15 is 0 Å². The van der Waals surface area contributed by atoms with Crippen molar-refractivity contribution in [1.29, 1.82) is 0 Å². The molecule has 5 rings (SSSR count). The van der Waals surface area contributed by atoms with Gasteiger partial charge in [0.25, 0.3) is 0 Å². The van der Waals surface area contributed by atoms with Crippen molar-refractivity contribution in [1.82, 2.24) is 9.80 Å². The van der Waals surface area contributed by atoms with Gasteiger partial charge in [-0.3, -0.25) is 4.79 Å². The van der Waals surface area contributed by atoms with Crippen LogP contribution in [0.2, 0.25) is 0 Å². The van der Waals surface area contributed by atoms with Crippen molar-refractivity contribution >= 4 is 18.1 Å². The van der Waals surface area contributed by atoms with E-state index in [-0.39, 0.29) is 23.3 Å². The number of allylic oxidation sites excluding steroid dienone is 1. The van der Waals surface area contributed by atoms with E-state index in [1.165, 1.54) is 16.7 Å². The fourth-order valence-electron chi connectivity index (χ4n) is 5.87. The molecule has 2 fully saturated rings. The third-order valence-corrected chi connectivity index (χ3v) is 8.16. The summed E-state index contributed by atoms with van der Waals surface area (Å²) in [7, 11) is 0. The number of benzene rings is 2. The molecule has 4 nitrogen and oxygen atoms in total. The van der Waals surface area contributed by atoms with Crippen LogP contribution in [0.3, 0.4) is 0 Å². The lowest BCUT2D eigenvalue weighted by Gasteiger charge is -2.41. The lowest BCUT2D eigenvalue weighted by Crippen LogP contribution is -2.47. The molecule has 34 heavy (non-hydrogen) atoms. The van der Waals surface area contributed by atoms with Crippen LogP contribution in [0.4, 0.5) is 0 Å². The van der Waals surface area contributed by atoms with Crippen LogP contribution in [0, 0.1) is 12.8 Å². The predicted octanol–water partition coefficient (Wildman–Crippen LogP) is 4.67. The number of nitrogens with zero attached hydrogens (tertiary/aromatic N) is 2. The number of likely N-dealkylation sites (tertiary alicyclic amines) is 2. The zero-order chi connectivity index (χ0) is 23.5. The Labute approximate surface area is 203 Å². The van der Waals surface area contributed by atoms with Crippen LogP contribution < -0.4 is 0 Å². The molecule has 2 aromatic carbocycles. The number of rotatable bonds is 5. The van der Waals surface area contributed by atoms with E-state index in [1.807, 2.05) is 23.1 Å². The van der Waals surface area contributed by atoms with E-state index in [0.29, 0.717) is 0 Å². The second kappa shape index (κ2) is 9.89. The Morgan fingerprint density at radius 3 is 2.50 bits per heavy atom. The van der Waals surface area contributed by atoms with Gasteiger partial charge in [-0.25, -0.2) is 0 Å². The van der Waals surface area contributed by atoms with Crippen LogP contribution in [-0.2, 0) is 10.2 Å². The van der Waals surface area contributed by atoms with Crippen molar-refractivity contribution in [2.45, 2.75) is 44.1 Å². The number of β-amino-alcohol motifs (C(OH)–C–C–N with tert-alkyl or cyclic N) is 1. The average molecular weight is 457 g/mol. The van der Waals surface area contributed by atoms with Gasteiger partial charge in [-0.2, -0.15) is 0 Å². The number of hydrogen-bond acceptors (Lipinski definition) is 3. The normalized spacial score (nSPS) is 21.3. The van der Waals surface area contributed by atoms with Gasteiger partial charge in [-0.15, -0.1) is 0 Å². The first-order valence-corrected chi connectivity index (χ1v) is 12.8. The van der Waals surface area contributed by atoms with Crippen LogP contribution in [0.25, 0.3) is 12.2 Å². The van der Waals surface area contributed by atoms with Crippen LogP contribution >= 0.6 is 0 Å². The zero-order valence-corrected chi connectivity index (χ0v) is 20.2. The molecular weight excluding hydrogens is 420 g/mol. The maximum Gasteiger partial charge on any atom is 0.246 e. The van der Waals surface area contributed by atoms with Crippen molar-refractivity contribution in [2.75, 3.05) is 32.7 Å². The van der Waals surface area contributed by atoms with Gasteiger partial charge in [0.15, 0.2) is 0 Å². The summed E-state index contributed by atoms with van der Waals surface area (Å²) < 4.78 is 0. The van der Waals surface area contributed by atoms with Gasteiger partial charge in [0.1, 0.15) is 0 Å². The second-order valence-electron chi connectivity index (χ2n) is 10.4. The fourth-order valence-corrected chi connectivity index (χ4v) is 5.87. The minimum Gasteiger partial charge on any atom is -0.392 e. The highest BCUT2D eigenvalue weighted by molar-refractivity contribution is 5.91. The highest BCUT2D eigenvalue weighted by atomic mass is 16.3. The molecule has 1 N–H and O–H groups in total. The number of carbonyl (C=O) groups is 1. The number of fused-ring (bicyclic) bond motifs is 2. The SMILES string of the molecule is Cc1ccc(/C=C/C(=O)N2CCC(C(O)CN3CCC4(C=Cc5ccccc54)CC3)CC2)cc1. The first-order valence-electron chi connectivity index (χ1n) is 12.8. The minimum atomic E-state index is -0.319. The molecule has 0 aromatic heterocycles. The minimum absolute atomic E-state index is 0.0692. The first kappa shape index (κ1) is 23.1. The summed E-state index contributed by atoms with van der Waals surface area (Å²) in [6.45, 7) is 6.30. The monoisotopic (exact) mass is 456 g/mol. The zero-order valence-electron chi connectivity index (χ0n) is 20.2. The molecule has 2 aromatic rings. The van der Waals surface area contributed by atoms with E-state index in [0.717, 1.165) is 64.0 Å². The smallest absolute Gasteiger partial charge is 0.246 e. The van der Waals surface area contributed by atoms with Crippen LogP contribution in [0.15, 0.2) is 60.7 Å². The summed E-state index contributed by atoms with van der Waals surface area (Å²) in [6.07, 6.45) is 11.9. The summed E-state index contributed by atoms with van der Waals surface area (Å²) >= 11 is 0. The van der Waals surface area contributed by atoms with Gasteiger partial charge in [0.2, 0.25) is 5.91 Å². The Bertz CT molecular complexity index is 1060. The number of amides is 1. The molecule has 1 atom stereocenters. The summed E-state index contributed by atoms with van der Waals surface area (Å²) in [5, 5.41) is 11.0. The Morgan fingerprint density at radius 2 is 1.76 bits per heavy atom. The molecule has 0 bridgehead atoms. The highest BCUT2D eigenvalue weighted by Crippen LogP contribution is 2.43. The van der Waals surface area contributed by atoms with Crippen molar-refractivity contribution in [3.05, 3.63) is 82.9 Å². The molecular formula is C30H36N2O2. The lowest BCUT2D eigenvalue weighted by atomic mass is 9.74. The topological polar surface area (TPSA) is 43.8 Å². The first-order chi connectivity index (χ1) is 16.5. The molecule has 0 radical (unpaired) electrons. The molecule has 2 aliphatic heterocycles. The maximum atomic E-state index is 12.6. The quantitative estimate of drug-likeness (QED) is 0.665. The highest BCUT2D eigenvalue weighted by Gasteiger charge is 2.38. The maximum absolute atomic E-state index is 12.6. The number of carbonyl (C=O) groups excluding carboxylic acids is 1. The van der Waals surface area contributed by atoms with Crippen LogP contribution in [0.1, 0.15) is 47.9 Å². The van der Waals surface area contributed by atoms with Crippen LogP contribution in [-0.4, -0.2) is 59.6 Å². The van der Waals surface area contributed by atoms with E-state index in [4.69, 9.17) is 0 Å². The predicted molar refractivity (Wildman–Crippen MR) is 138 cm³/mol. The fraction of sp³-hybridized carbons (Fsp3) is 0.433. The summed E-state index contributed by atoms with van der Waals surface area (Å²) in [5.74, 6) is 0.341. The number of piperidine rings is 2. The second-order valence-corrected chi connectivity index (χ2v) is 10.4. The van der Waals surface area contributed by atoms with Crippen molar-refractivity contribution in [2.24, 2.45) is 5.92 Å². The van der Waals surface area contributed by atoms with Crippen molar-refractivity contribution < 1.29 is 9.90 Å². The molecule has 178 valence electrons. The molecule has 1 unspecified atom stereocenters. The Morgan fingerprint density at radius 1 is 1.06 bits per heavy atom. The number of aliphatic hydroxyl groups excluding tert-OH is 1. The third-order valence-electron chi connectivity index (χ3n) is 8.16. The Balaban J connectivity index is 1.07. The summed E-state index contributed by atoms with van der Waals surface area (Å²) in [5.41, 5.74) is 5.29. The largest absolute Gasteiger partial charge is 0.392 e. The molecule has 1 aliphatic carbocycles. The lowest BCUT2D eigenvalue weighted by molar-refractivity contribution is -0.128. The van der Waals surface area contributed by atoms with E-state index in [1.54, 1.807) is 6.08 Å². The van der Waals surface area contributed by atoms with E-state index < -0.39 is 0 Å². The molecule has 0 saturated carbocycles. The Hall–Kier alpha value is -2.69. The molecule has 2 heterocycles. The van der Waals surface area contributed by atoms with E-state index in [9.17, 15) is 9.90 Å². The number of hydrogen-bond donors (Lipinski definition) is 1.